The van der Waals surface area contributed by atoms with Gasteiger partial charge in [-0.2, -0.15) is 15.2 Å². The Kier molecular flexibility index (Phi) is 5.44. The summed E-state index contributed by atoms with van der Waals surface area (Å²) < 4.78 is 5.08. The maximum atomic E-state index is 12.5. The third-order valence-electron chi connectivity index (χ3n) is 3.76. The molecule has 0 radical (unpaired) electrons. The predicted octanol–water partition coefficient (Wildman–Crippen LogP) is -0.339. The number of methoxy groups -OCH3 is 1. The van der Waals surface area contributed by atoms with Gasteiger partial charge in [0.15, 0.2) is 11.4 Å². The highest BCUT2D eigenvalue weighted by atomic mass is 16.5. The lowest BCUT2D eigenvalue weighted by Crippen LogP contribution is -2.40. The van der Waals surface area contributed by atoms with E-state index in [1.54, 1.807) is 18.9 Å². The van der Waals surface area contributed by atoms with Gasteiger partial charge in [0.05, 0.1) is 7.11 Å². The molecule has 0 unspecified atom stereocenters. The zero-order chi connectivity index (χ0) is 18.6. The number of anilines is 3. The third-order valence-corrected chi connectivity index (χ3v) is 3.76. The molecule has 8 nitrogen and oxygen atoms in total. The van der Waals surface area contributed by atoms with Gasteiger partial charge in [-0.25, -0.2) is 0 Å². The fraction of sp³-hybridized carbons (Fsp3) is 0.250. The van der Waals surface area contributed by atoms with Crippen molar-refractivity contribution in [2.45, 2.75) is 13.0 Å². The van der Waals surface area contributed by atoms with Gasteiger partial charge >= 0.3 is 0 Å². The molecule has 0 fully saturated rings. The van der Waals surface area contributed by atoms with E-state index in [0.717, 1.165) is 5.46 Å². The van der Waals surface area contributed by atoms with Crippen molar-refractivity contribution >= 4 is 36.7 Å². The molecular formula is C16H19BN6O2. The monoisotopic (exact) mass is 338 g/mol. The van der Waals surface area contributed by atoms with Crippen LogP contribution in [0.2, 0.25) is 0 Å². The summed E-state index contributed by atoms with van der Waals surface area (Å²) in [6, 6.07) is 8.88. The van der Waals surface area contributed by atoms with Crippen molar-refractivity contribution in [1.29, 1.82) is 5.26 Å². The molecule has 1 aromatic heterocycles. The Hall–Kier alpha value is -3.28. The number of nitriles is 1. The summed E-state index contributed by atoms with van der Waals surface area (Å²) in [5, 5.41) is 12.2. The molecule has 0 saturated carbocycles. The minimum absolute atomic E-state index is 0.0380. The zero-order valence-electron chi connectivity index (χ0n) is 14.6. The number of ether oxygens (including phenoxy) is 1. The first-order chi connectivity index (χ1) is 11.9. The minimum Gasteiger partial charge on any atom is -0.480 e. The summed E-state index contributed by atoms with van der Waals surface area (Å²) in [4.78, 5) is 22.1. The van der Waals surface area contributed by atoms with E-state index in [-0.39, 0.29) is 29.1 Å². The molecule has 0 spiro atoms. The van der Waals surface area contributed by atoms with E-state index in [1.165, 1.54) is 7.11 Å². The Morgan fingerprint density at radius 1 is 1.48 bits per heavy atom. The second-order valence-corrected chi connectivity index (χ2v) is 5.55. The average molecular weight is 338 g/mol. The molecule has 0 aliphatic heterocycles. The van der Waals surface area contributed by atoms with Gasteiger partial charge in [-0.3, -0.25) is 4.79 Å². The van der Waals surface area contributed by atoms with Crippen molar-refractivity contribution in [1.82, 2.24) is 9.97 Å². The number of carbonyl (C=O) groups is 1. The van der Waals surface area contributed by atoms with Crippen LogP contribution in [0.15, 0.2) is 24.3 Å². The number of nitrogens with one attached hydrogen (secondary N) is 1. The quantitative estimate of drug-likeness (QED) is 0.716. The molecule has 1 aromatic carbocycles. The van der Waals surface area contributed by atoms with Gasteiger partial charge < -0.3 is 20.7 Å². The lowest BCUT2D eigenvalue weighted by atomic mass is 9.96. The number of nitrogens with zero attached hydrogens (tertiary/aromatic N) is 4. The molecule has 2 aromatic rings. The second kappa shape index (κ2) is 7.53. The van der Waals surface area contributed by atoms with E-state index in [4.69, 9.17) is 10.5 Å². The summed E-state index contributed by atoms with van der Waals surface area (Å²) in [7, 11) is 4.99. The molecule has 1 amide bonds. The molecule has 9 heteroatoms. The molecule has 128 valence electrons. The first-order valence-electron chi connectivity index (χ1n) is 7.59. The third kappa shape index (κ3) is 3.98. The van der Waals surface area contributed by atoms with Crippen LogP contribution in [0.3, 0.4) is 0 Å². The smallest absolute Gasteiger partial charge is 0.246 e. The first kappa shape index (κ1) is 18.1. The van der Waals surface area contributed by atoms with Gasteiger partial charge in [-0.15, -0.1) is 0 Å². The maximum absolute atomic E-state index is 12.5. The van der Waals surface area contributed by atoms with Gasteiger partial charge in [-0.05, 0) is 19.1 Å². The number of aromatic nitrogens is 2. The highest BCUT2D eigenvalue weighted by molar-refractivity contribution is 6.32. The maximum Gasteiger partial charge on any atom is 0.246 e. The number of nitrogens with two attached hydrogens (primary N) is 1. The molecule has 0 aliphatic carbocycles. The van der Waals surface area contributed by atoms with E-state index in [1.807, 2.05) is 38.2 Å². The molecule has 25 heavy (non-hydrogen) atoms. The SMILES string of the molecule is Bc1cccc(NC(=O)[C@H](C)N(C)c2nc(N)nc(OC)c2C#N)c1. The Morgan fingerprint density at radius 2 is 2.20 bits per heavy atom. The molecule has 0 saturated heterocycles. The Balaban J connectivity index is 2.28. The van der Waals surface area contributed by atoms with E-state index < -0.39 is 6.04 Å². The van der Waals surface area contributed by atoms with Crippen molar-refractivity contribution < 1.29 is 9.53 Å². The van der Waals surface area contributed by atoms with Gasteiger partial charge in [0, 0.05) is 12.7 Å². The van der Waals surface area contributed by atoms with E-state index in [2.05, 4.69) is 15.3 Å². The van der Waals surface area contributed by atoms with Crippen molar-refractivity contribution in [3.8, 4) is 11.9 Å². The molecule has 1 atom stereocenters. The predicted molar refractivity (Wildman–Crippen MR) is 98.8 cm³/mol. The molecular weight excluding hydrogens is 319 g/mol. The summed E-state index contributed by atoms with van der Waals surface area (Å²) >= 11 is 0. The van der Waals surface area contributed by atoms with E-state index in [0.29, 0.717) is 5.69 Å². The van der Waals surface area contributed by atoms with Gasteiger partial charge in [0.2, 0.25) is 17.7 Å². The highest BCUT2D eigenvalue weighted by Crippen LogP contribution is 2.26. The number of benzene rings is 1. The fourth-order valence-electron chi connectivity index (χ4n) is 2.27. The zero-order valence-corrected chi connectivity index (χ0v) is 14.6. The number of hydrogen-bond donors (Lipinski definition) is 2. The van der Waals surface area contributed by atoms with Crippen molar-refractivity contribution in [3.63, 3.8) is 0 Å². The van der Waals surface area contributed by atoms with Crippen molar-refractivity contribution in [2.24, 2.45) is 0 Å². The van der Waals surface area contributed by atoms with Crippen LogP contribution in [-0.4, -0.2) is 43.9 Å². The van der Waals surface area contributed by atoms with E-state index >= 15 is 0 Å². The minimum atomic E-state index is -0.605. The standard InChI is InChI=1S/C16H19BN6O2/c1-9(14(24)20-11-6-4-5-10(17)7-11)23(2)13-12(8-18)15(25-3)22-16(19)21-13/h4-7,9H,17H2,1-3H3,(H,20,24)(H2,19,21,22)/t9-/m0/s1. The van der Waals surface area contributed by atoms with Gasteiger partial charge in [0.1, 0.15) is 20.0 Å². The Labute approximate surface area is 147 Å². The Morgan fingerprint density at radius 3 is 2.80 bits per heavy atom. The van der Waals surface area contributed by atoms with Crippen molar-refractivity contribution in [2.75, 3.05) is 30.1 Å². The molecule has 0 aliphatic rings. The van der Waals surface area contributed by atoms with Crippen LogP contribution in [0.5, 0.6) is 5.88 Å². The summed E-state index contributed by atoms with van der Waals surface area (Å²) in [6.07, 6.45) is 0. The van der Waals surface area contributed by atoms with Crippen LogP contribution in [-0.2, 0) is 4.79 Å². The van der Waals surface area contributed by atoms with Crippen LogP contribution in [0, 0.1) is 11.3 Å². The summed E-state index contributed by atoms with van der Waals surface area (Å²) in [5.74, 6) is 0.0269. The number of amides is 1. The van der Waals surface area contributed by atoms with Crippen LogP contribution in [0.25, 0.3) is 0 Å². The molecule has 3 N–H and O–H groups in total. The van der Waals surface area contributed by atoms with Crippen molar-refractivity contribution in [3.05, 3.63) is 29.8 Å². The van der Waals surface area contributed by atoms with Gasteiger partial charge in [0.25, 0.3) is 0 Å². The fourth-order valence-corrected chi connectivity index (χ4v) is 2.27. The van der Waals surface area contributed by atoms with Crippen LogP contribution < -0.4 is 26.2 Å². The summed E-state index contributed by atoms with van der Waals surface area (Å²) in [5.41, 5.74) is 7.53. The number of nitrogen functional groups attached to an aromatic ring is 1. The lowest BCUT2D eigenvalue weighted by Gasteiger charge is -2.26. The topological polar surface area (TPSA) is 117 Å². The van der Waals surface area contributed by atoms with E-state index in [9.17, 15) is 10.1 Å². The largest absolute Gasteiger partial charge is 0.480 e. The average Bonchev–Trinajstić information content (AvgIpc) is 2.59. The molecule has 1 heterocycles. The second-order valence-electron chi connectivity index (χ2n) is 5.55. The Bertz CT molecular complexity index is 836. The van der Waals surface area contributed by atoms with Crippen LogP contribution in [0.4, 0.5) is 17.5 Å². The molecule has 2 rings (SSSR count). The highest BCUT2D eigenvalue weighted by Gasteiger charge is 2.25. The first-order valence-corrected chi connectivity index (χ1v) is 7.59. The number of carbonyl (C=O) groups excluding carboxylic acids is 1. The normalized spacial score (nSPS) is 11.3. The summed E-state index contributed by atoms with van der Waals surface area (Å²) in [6.45, 7) is 1.71. The lowest BCUT2D eigenvalue weighted by molar-refractivity contribution is -0.117. The van der Waals surface area contributed by atoms with Gasteiger partial charge in [-0.1, -0.05) is 17.6 Å². The number of hydrogen-bond acceptors (Lipinski definition) is 7. The number of rotatable bonds is 5. The number of likely N-dealkylation sites (N-methyl/N-ethyl adjacent to an activating group) is 1. The molecule has 0 bridgehead atoms. The van der Waals surface area contributed by atoms with Crippen LogP contribution >= 0.6 is 0 Å². The van der Waals surface area contributed by atoms with Crippen LogP contribution in [0.1, 0.15) is 12.5 Å².